The summed E-state index contributed by atoms with van der Waals surface area (Å²) >= 11 is 5.22. The summed E-state index contributed by atoms with van der Waals surface area (Å²) in [6, 6.07) is 2.16. The highest BCUT2D eigenvalue weighted by Crippen LogP contribution is 2.37. The van der Waals surface area contributed by atoms with E-state index in [0.29, 0.717) is 0 Å². The predicted octanol–water partition coefficient (Wildman–Crippen LogP) is 3.30. The third-order valence-electron chi connectivity index (χ3n) is 3.43. The fourth-order valence-corrected chi connectivity index (χ4v) is 4.28. The van der Waals surface area contributed by atoms with Gasteiger partial charge in [0.2, 0.25) is 0 Å². The minimum atomic E-state index is -0.572. The number of aliphatic hydroxyl groups excluding tert-OH is 1. The van der Waals surface area contributed by atoms with Crippen molar-refractivity contribution in [1.29, 1.82) is 0 Å². The number of thiophene rings is 1. The quantitative estimate of drug-likeness (QED) is 0.939. The van der Waals surface area contributed by atoms with Crippen LogP contribution in [0.4, 0.5) is 0 Å². The summed E-state index contributed by atoms with van der Waals surface area (Å²) in [6.07, 6.45) is 4.77. The molecule has 3 nitrogen and oxygen atoms in total. The van der Waals surface area contributed by atoms with E-state index in [-0.39, 0.29) is 0 Å². The number of hydrogen-bond donors (Lipinski definition) is 1. The minimum Gasteiger partial charge on any atom is -0.381 e. The average molecular weight is 327 g/mol. The number of hydrogen-bond acceptors (Lipinski definition) is 3. The van der Waals surface area contributed by atoms with Gasteiger partial charge < -0.3 is 5.11 Å². The van der Waals surface area contributed by atoms with Gasteiger partial charge in [0.05, 0.1) is 16.4 Å². The molecule has 0 fully saturated rings. The second-order valence-electron chi connectivity index (χ2n) is 4.55. The predicted molar refractivity (Wildman–Crippen MR) is 76.0 cm³/mol. The van der Waals surface area contributed by atoms with E-state index in [1.165, 1.54) is 23.3 Å². The van der Waals surface area contributed by atoms with Crippen molar-refractivity contribution in [2.75, 3.05) is 0 Å². The lowest BCUT2D eigenvalue weighted by Crippen LogP contribution is -2.08. The van der Waals surface area contributed by atoms with Gasteiger partial charge in [0, 0.05) is 16.3 Å². The van der Waals surface area contributed by atoms with Gasteiger partial charge in [0.1, 0.15) is 6.10 Å². The van der Waals surface area contributed by atoms with Gasteiger partial charge in [-0.2, -0.15) is 5.10 Å². The molecule has 1 N–H and O–H groups in total. The van der Waals surface area contributed by atoms with E-state index < -0.39 is 6.10 Å². The number of aliphatic hydroxyl groups is 1. The molecule has 0 bridgehead atoms. The number of fused-ring (bicyclic) bond motifs is 1. The molecule has 0 radical (unpaired) electrons. The molecule has 0 saturated carbocycles. The molecule has 1 atom stereocenters. The van der Waals surface area contributed by atoms with Gasteiger partial charge in [-0.15, -0.1) is 11.3 Å². The fourth-order valence-electron chi connectivity index (χ4n) is 2.52. The Hall–Kier alpha value is -0.650. The van der Waals surface area contributed by atoms with Crippen molar-refractivity contribution in [1.82, 2.24) is 9.78 Å². The molecule has 2 aromatic rings. The summed E-state index contributed by atoms with van der Waals surface area (Å²) in [5.41, 5.74) is 2.28. The second kappa shape index (κ2) is 4.79. The zero-order valence-electron chi connectivity index (χ0n) is 10.2. The first-order valence-electron chi connectivity index (χ1n) is 6.21. The Labute approximate surface area is 119 Å². The molecule has 0 aromatic carbocycles. The normalized spacial score (nSPS) is 15.9. The van der Waals surface area contributed by atoms with Gasteiger partial charge in [0.25, 0.3) is 0 Å². The monoisotopic (exact) mass is 326 g/mol. The molecule has 0 amide bonds. The van der Waals surface area contributed by atoms with Gasteiger partial charge in [-0.1, -0.05) is 0 Å². The van der Waals surface area contributed by atoms with Crippen LogP contribution in [0.15, 0.2) is 16.7 Å². The zero-order valence-corrected chi connectivity index (χ0v) is 12.6. The zero-order chi connectivity index (χ0) is 12.7. The number of aromatic nitrogens is 2. The molecule has 2 heterocycles. The molecule has 18 heavy (non-hydrogen) atoms. The van der Waals surface area contributed by atoms with Crippen LogP contribution in [0.5, 0.6) is 0 Å². The van der Waals surface area contributed by atoms with Crippen molar-refractivity contribution in [3.63, 3.8) is 0 Å². The summed E-state index contributed by atoms with van der Waals surface area (Å²) in [5.74, 6) is 0. The highest BCUT2D eigenvalue weighted by molar-refractivity contribution is 9.10. The minimum absolute atomic E-state index is 0.572. The summed E-state index contributed by atoms with van der Waals surface area (Å²) in [5, 5.41) is 14.8. The number of nitrogens with zero attached hydrogens (tertiary/aromatic N) is 2. The highest BCUT2D eigenvalue weighted by Gasteiger charge is 2.23. The first-order chi connectivity index (χ1) is 8.70. The summed E-state index contributed by atoms with van der Waals surface area (Å²) < 4.78 is 2.73. The molecule has 3 rings (SSSR count). The van der Waals surface area contributed by atoms with E-state index in [0.717, 1.165) is 28.0 Å². The fraction of sp³-hybridized carbons (Fsp3) is 0.462. The van der Waals surface area contributed by atoms with Crippen LogP contribution < -0.4 is 0 Å². The Balaban J connectivity index is 1.98. The van der Waals surface area contributed by atoms with E-state index >= 15 is 0 Å². The van der Waals surface area contributed by atoms with Gasteiger partial charge >= 0.3 is 0 Å². The van der Waals surface area contributed by atoms with Crippen molar-refractivity contribution in [3.8, 4) is 0 Å². The summed E-state index contributed by atoms with van der Waals surface area (Å²) in [4.78, 5) is 2.48. The van der Waals surface area contributed by atoms with E-state index in [1.807, 2.05) is 11.6 Å². The Kier molecular flexibility index (Phi) is 3.30. The lowest BCUT2D eigenvalue weighted by Gasteiger charge is -2.11. The third kappa shape index (κ3) is 1.94. The maximum absolute atomic E-state index is 10.6. The molecule has 0 saturated heterocycles. The lowest BCUT2D eigenvalue weighted by atomic mass is 10.1. The van der Waals surface area contributed by atoms with Crippen LogP contribution in [-0.4, -0.2) is 14.9 Å². The second-order valence-corrected chi connectivity index (χ2v) is 6.57. The Morgan fingerprint density at radius 1 is 1.56 bits per heavy atom. The van der Waals surface area contributed by atoms with Gasteiger partial charge in [0.15, 0.2) is 0 Å². The van der Waals surface area contributed by atoms with Crippen molar-refractivity contribution in [2.24, 2.45) is 0 Å². The maximum Gasteiger partial charge on any atom is 0.131 e. The standard InChI is InChI=1S/C13H15BrN2OS/c1-2-16-12(9(14)7-15-16)13(17)11-6-8-4-3-5-10(8)18-11/h6-7,13,17H,2-5H2,1H3. The number of rotatable bonds is 3. The van der Waals surface area contributed by atoms with Gasteiger partial charge in [-0.25, -0.2) is 0 Å². The molecular weight excluding hydrogens is 312 g/mol. The lowest BCUT2D eigenvalue weighted by molar-refractivity contribution is 0.211. The molecule has 96 valence electrons. The smallest absolute Gasteiger partial charge is 0.131 e. The van der Waals surface area contributed by atoms with Crippen LogP contribution in [0.3, 0.4) is 0 Å². The van der Waals surface area contributed by atoms with E-state index in [9.17, 15) is 5.11 Å². The van der Waals surface area contributed by atoms with Gasteiger partial charge in [-0.05, 0) is 53.7 Å². The van der Waals surface area contributed by atoms with Crippen LogP contribution in [0.1, 0.15) is 40.5 Å². The first-order valence-corrected chi connectivity index (χ1v) is 7.82. The molecule has 2 aromatic heterocycles. The van der Waals surface area contributed by atoms with Crippen LogP contribution in [0, 0.1) is 0 Å². The van der Waals surface area contributed by atoms with E-state index in [2.05, 4.69) is 27.1 Å². The molecule has 5 heteroatoms. The molecule has 1 aliphatic rings. The van der Waals surface area contributed by atoms with E-state index in [4.69, 9.17) is 0 Å². The maximum atomic E-state index is 10.6. The number of aryl methyl sites for hydroxylation is 3. The van der Waals surface area contributed by atoms with Crippen molar-refractivity contribution >= 4 is 27.3 Å². The summed E-state index contributed by atoms with van der Waals surface area (Å²) in [6.45, 7) is 2.80. The topological polar surface area (TPSA) is 38.0 Å². The number of halogens is 1. The third-order valence-corrected chi connectivity index (χ3v) is 5.33. The SMILES string of the molecule is CCn1ncc(Br)c1C(O)c1cc2c(s1)CCC2. The van der Waals surface area contributed by atoms with Crippen LogP contribution in [0.2, 0.25) is 0 Å². The van der Waals surface area contributed by atoms with Crippen LogP contribution in [-0.2, 0) is 19.4 Å². The van der Waals surface area contributed by atoms with Crippen molar-refractivity contribution in [3.05, 3.63) is 37.7 Å². The molecule has 1 unspecified atom stereocenters. The largest absolute Gasteiger partial charge is 0.381 e. The van der Waals surface area contributed by atoms with Crippen molar-refractivity contribution in [2.45, 2.75) is 38.8 Å². The summed E-state index contributed by atoms with van der Waals surface area (Å²) in [7, 11) is 0. The Morgan fingerprint density at radius 3 is 3.11 bits per heavy atom. The molecular formula is C13H15BrN2OS. The molecule has 0 spiro atoms. The highest BCUT2D eigenvalue weighted by atomic mass is 79.9. The van der Waals surface area contributed by atoms with E-state index in [1.54, 1.807) is 17.5 Å². The van der Waals surface area contributed by atoms with Crippen LogP contribution in [0.25, 0.3) is 0 Å². The van der Waals surface area contributed by atoms with Crippen molar-refractivity contribution < 1.29 is 5.11 Å². The Morgan fingerprint density at radius 2 is 2.39 bits per heavy atom. The Bertz CT molecular complexity index is 554. The van der Waals surface area contributed by atoms with Gasteiger partial charge in [-0.3, -0.25) is 4.68 Å². The molecule has 0 aliphatic heterocycles. The first kappa shape index (κ1) is 12.4. The van der Waals surface area contributed by atoms with Crippen LogP contribution >= 0.6 is 27.3 Å². The molecule has 1 aliphatic carbocycles. The average Bonchev–Trinajstić information content (AvgIpc) is 3.00.